The number of carbonyl (C=O) groups is 2. The van der Waals surface area contributed by atoms with E-state index in [-0.39, 0.29) is 23.4 Å². The van der Waals surface area contributed by atoms with Gasteiger partial charge in [-0.2, -0.15) is 0 Å². The van der Waals surface area contributed by atoms with Crippen LogP contribution in [0, 0.1) is 0 Å². The Labute approximate surface area is 240 Å². The predicted molar refractivity (Wildman–Crippen MR) is 159 cm³/mol. The standard InChI is InChI=1S/C30H36BrN3O4S/c1-4-23(3)32-30(36)28(5-2)33(20-19-24-13-8-6-9-14-24)29(35)22-34(26-16-12-15-25(31)21-26)39(37,38)27-17-10-7-11-18-27/h6-18,21,23,28H,4-5,19-20,22H2,1-3H3,(H,32,36)/t23-,28+/m0/s1. The fourth-order valence-electron chi connectivity index (χ4n) is 4.22. The molecule has 1 N–H and O–H groups in total. The summed E-state index contributed by atoms with van der Waals surface area (Å²) in [4.78, 5) is 28.9. The maximum atomic E-state index is 14.0. The molecule has 3 aromatic carbocycles. The van der Waals surface area contributed by atoms with Crippen LogP contribution < -0.4 is 9.62 Å². The molecule has 2 atom stereocenters. The minimum atomic E-state index is -4.08. The minimum Gasteiger partial charge on any atom is -0.352 e. The van der Waals surface area contributed by atoms with E-state index < -0.39 is 28.5 Å². The van der Waals surface area contributed by atoms with Crippen LogP contribution in [0.1, 0.15) is 39.2 Å². The van der Waals surface area contributed by atoms with Gasteiger partial charge in [0.15, 0.2) is 0 Å². The third-order valence-electron chi connectivity index (χ3n) is 6.58. The van der Waals surface area contributed by atoms with Crippen molar-refractivity contribution in [2.45, 2.75) is 57.0 Å². The second-order valence-corrected chi connectivity index (χ2v) is 12.1. The van der Waals surface area contributed by atoms with E-state index in [0.717, 1.165) is 16.3 Å². The Kier molecular flexibility index (Phi) is 11.1. The van der Waals surface area contributed by atoms with Crippen LogP contribution in [0.25, 0.3) is 0 Å². The first-order chi connectivity index (χ1) is 18.7. The third kappa shape index (κ3) is 8.16. The van der Waals surface area contributed by atoms with E-state index in [0.29, 0.717) is 23.0 Å². The lowest BCUT2D eigenvalue weighted by Crippen LogP contribution is -2.54. The number of sulfonamides is 1. The van der Waals surface area contributed by atoms with Gasteiger partial charge in [-0.3, -0.25) is 13.9 Å². The molecule has 0 spiro atoms. The summed E-state index contributed by atoms with van der Waals surface area (Å²) in [7, 11) is -4.08. The van der Waals surface area contributed by atoms with Crippen LogP contribution >= 0.6 is 15.9 Å². The quantitative estimate of drug-likeness (QED) is 0.279. The number of hydrogen-bond acceptors (Lipinski definition) is 4. The zero-order valence-electron chi connectivity index (χ0n) is 22.6. The van der Waals surface area contributed by atoms with Crippen molar-refractivity contribution in [2.24, 2.45) is 0 Å². The van der Waals surface area contributed by atoms with E-state index in [4.69, 9.17) is 0 Å². The van der Waals surface area contributed by atoms with E-state index in [9.17, 15) is 18.0 Å². The molecule has 0 fully saturated rings. The number of nitrogens with one attached hydrogen (secondary N) is 1. The van der Waals surface area contributed by atoms with Gasteiger partial charge in [0.25, 0.3) is 10.0 Å². The van der Waals surface area contributed by atoms with Crippen LogP contribution in [0.3, 0.4) is 0 Å². The highest BCUT2D eigenvalue weighted by atomic mass is 79.9. The number of halogens is 1. The van der Waals surface area contributed by atoms with Crippen LogP contribution in [0.4, 0.5) is 5.69 Å². The summed E-state index contributed by atoms with van der Waals surface area (Å²) < 4.78 is 29.4. The maximum Gasteiger partial charge on any atom is 0.264 e. The second-order valence-electron chi connectivity index (χ2n) is 9.37. The molecule has 0 aromatic heterocycles. The Bertz CT molecular complexity index is 1340. The van der Waals surface area contributed by atoms with Crippen molar-refractivity contribution in [3.05, 3.63) is 95.0 Å². The molecule has 0 bridgehead atoms. The molecular weight excluding hydrogens is 578 g/mol. The lowest BCUT2D eigenvalue weighted by Gasteiger charge is -2.33. The number of benzene rings is 3. The van der Waals surface area contributed by atoms with Gasteiger partial charge in [-0.15, -0.1) is 0 Å². The largest absolute Gasteiger partial charge is 0.352 e. The van der Waals surface area contributed by atoms with Gasteiger partial charge in [-0.05, 0) is 62.1 Å². The highest BCUT2D eigenvalue weighted by Gasteiger charge is 2.33. The zero-order valence-corrected chi connectivity index (χ0v) is 25.0. The highest BCUT2D eigenvalue weighted by molar-refractivity contribution is 9.10. The van der Waals surface area contributed by atoms with Crippen molar-refractivity contribution in [1.29, 1.82) is 0 Å². The summed E-state index contributed by atoms with van der Waals surface area (Å²) >= 11 is 3.41. The molecule has 0 aliphatic heterocycles. The average Bonchev–Trinajstić information content (AvgIpc) is 2.94. The molecule has 0 saturated heterocycles. The van der Waals surface area contributed by atoms with Crippen molar-refractivity contribution < 1.29 is 18.0 Å². The molecule has 9 heteroatoms. The first-order valence-electron chi connectivity index (χ1n) is 13.1. The molecule has 0 heterocycles. The highest BCUT2D eigenvalue weighted by Crippen LogP contribution is 2.27. The van der Waals surface area contributed by atoms with Crippen LogP contribution in [0.5, 0.6) is 0 Å². The molecule has 0 radical (unpaired) electrons. The Morgan fingerprint density at radius 3 is 2.13 bits per heavy atom. The van der Waals surface area contributed by atoms with Gasteiger partial charge in [0, 0.05) is 17.1 Å². The summed E-state index contributed by atoms with van der Waals surface area (Å²) in [5.74, 6) is -0.690. The molecule has 3 rings (SSSR count). The van der Waals surface area contributed by atoms with Crippen molar-refractivity contribution in [3.63, 3.8) is 0 Å². The monoisotopic (exact) mass is 613 g/mol. The van der Waals surface area contributed by atoms with Crippen LogP contribution in [-0.2, 0) is 26.0 Å². The summed E-state index contributed by atoms with van der Waals surface area (Å²) in [6.07, 6.45) is 1.68. The Hall–Kier alpha value is -3.17. The first kappa shape index (κ1) is 30.4. The zero-order chi connectivity index (χ0) is 28.4. The molecule has 7 nitrogen and oxygen atoms in total. The second kappa shape index (κ2) is 14.3. The summed E-state index contributed by atoms with van der Waals surface area (Å²) in [6.45, 7) is 5.58. The van der Waals surface area contributed by atoms with Crippen LogP contribution in [-0.4, -0.2) is 50.3 Å². The van der Waals surface area contributed by atoms with Gasteiger partial charge < -0.3 is 10.2 Å². The normalized spacial score (nSPS) is 12.8. The van der Waals surface area contributed by atoms with Crippen molar-refractivity contribution in [2.75, 3.05) is 17.4 Å². The van der Waals surface area contributed by atoms with Gasteiger partial charge in [-0.1, -0.05) is 84.4 Å². The van der Waals surface area contributed by atoms with Crippen molar-refractivity contribution in [3.8, 4) is 0 Å². The number of anilines is 1. The van der Waals surface area contributed by atoms with E-state index in [2.05, 4.69) is 21.2 Å². The SMILES string of the molecule is CC[C@H](C(=O)N[C@@H](C)CC)N(CCc1ccccc1)C(=O)CN(c1cccc(Br)c1)S(=O)(=O)c1ccccc1. The average molecular weight is 615 g/mol. The van der Waals surface area contributed by atoms with Gasteiger partial charge in [0.2, 0.25) is 11.8 Å². The smallest absolute Gasteiger partial charge is 0.264 e. The molecule has 0 saturated carbocycles. The summed E-state index contributed by atoms with van der Waals surface area (Å²) in [6, 6.07) is 23.8. The predicted octanol–water partition coefficient (Wildman–Crippen LogP) is 5.41. The lowest BCUT2D eigenvalue weighted by molar-refractivity contribution is -0.139. The van der Waals surface area contributed by atoms with Gasteiger partial charge >= 0.3 is 0 Å². The Balaban J connectivity index is 1.99. The van der Waals surface area contributed by atoms with E-state index >= 15 is 0 Å². The van der Waals surface area contributed by atoms with Crippen molar-refractivity contribution >= 4 is 43.5 Å². The van der Waals surface area contributed by atoms with Gasteiger partial charge in [0.05, 0.1) is 10.6 Å². The Morgan fingerprint density at radius 2 is 1.54 bits per heavy atom. The molecule has 39 heavy (non-hydrogen) atoms. The number of carbonyl (C=O) groups excluding carboxylic acids is 2. The fraction of sp³-hybridized carbons (Fsp3) is 0.333. The molecule has 0 unspecified atom stereocenters. The third-order valence-corrected chi connectivity index (χ3v) is 8.86. The number of rotatable bonds is 13. The molecule has 0 aliphatic carbocycles. The van der Waals surface area contributed by atoms with E-state index in [1.165, 1.54) is 17.0 Å². The maximum absolute atomic E-state index is 14.0. The van der Waals surface area contributed by atoms with Gasteiger partial charge in [0.1, 0.15) is 12.6 Å². The molecular formula is C30H36BrN3O4S. The number of hydrogen-bond donors (Lipinski definition) is 1. The summed E-state index contributed by atoms with van der Waals surface area (Å²) in [5.41, 5.74) is 1.37. The minimum absolute atomic E-state index is 0.0470. The number of nitrogens with zero attached hydrogens (tertiary/aromatic N) is 2. The molecule has 2 amide bonds. The first-order valence-corrected chi connectivity index (χ1v) is 15.4. The summed E-state index contributed by atoms with van der Waals surface area (Å²) in [5, 5.41) is 2.99. The molecule has 3 aromatic rings. The van der Waals surface area contributed by atoms with E-state index in [1.54, 1.807) is 42.5 Å². The molecule has 0 aliphatic rings. The topological polar surface area (TPSA) is 86.8 Å². The fourth-order valence-corrected chi connectivity index (χ4v) is 6.03. The van der Waals surface area contributed by atoms with Gasteiger partial charge in [-0.25, -0.2) is 8.42 Å². The van der Waals surface area contributed by atoms with Crippen molar-refractivity contribution in [1.82, 2.24) is 10.2 Å². The lowest BCUT2D eigenvalue weighted by atomic mass is 10.1. The van der Waals surface area contributed by atoms with Crippen LogP contribution in [0.15, 0.2) is 94.3 Å². The molecule has 208 valence electrons. The van der Waals surface area contributed by atoms with E-state index in [1.807, 2.05) is 51.1 Å². The van der Waals surface area contributed by atoms with Crippen LogP contribution in [0.2, 0.25) is 0 Å². The number of amides is 2. The Morgan fingerprint density at radius 1 is 0.897 bits per heavy atom.